The minimum atomic E-state index is -0.327. The maximum atomic E-state index is 9.66. The highest BCUT2D eigenvalue weighted by atomic mass is 16.3. The molecule has 0 aliphatic carbocycles. The van der Waals surface area contributed by atoms with Crippen LogP contribution in [0.25, 0.3) is 5.95 Å². The second-order valence-corrected chi connectivity index (χ2v) is 5.00. The van der Waals surface area contributed by atoms with Crippen LogP contribution in [0.1, 0.15) is 13.3 Å². The van der Waals surface area contributed by atoms with Gasteiger partial charge in [0.2, 0.25) is 17.8 Å². The molecule has 2 unspecified atom stereocenters. The molecule has 0 spiro atoms. The van der Waals surface area contributed by atoms with Crippen LogP contribution in [0, 0.1) is 5.92 Å². The smallest absolute Gasteiger partial charge is 0.241 e. The molecule has 2 aromatic heterocycles. The van der Waals surface area contributed by atoms with Crippen molar-refractivity contribution in [1.82, 2.24) is 24.5 Å². The minimum Gasteiger partial charge on any atom is -0.393 e. The number of nitrogens with zero attached hydrogens (tertiary/aromatic N) is 6. The van der Waals surface area contributed by atoms with Crippen molar-refractivity contribution in [2.45, 2.75) is 19.4 Å². The average molecular weight is 275 g/mol. The molecule has 1 aliphatic rings. The molecular formula is C12H17N7O. The van der Waals surface area contributed by atoms with Crippen LogP contribution in [0.2, 0.25) is 0 Å². The van der Waals surface area contributed by atoms with E-state index >= 15 is 0 Å². The zero-order valence-corrected chi connectivity index (χ0v) is 11.2. The number of nitrogens with two attached hydrogens (primary N) is 1. The number of aliphatic hydroxyl groups is 1. The van der Waals surface area contributed by atoms with Gasteiger partial charge in [0, 0.05) is 31.4 Å². The third kappa shape index (κ3) is 2.42. The summed E-state index contributed by atoms with van der Waals surface area (Å²) in [6.45, 7) is 3.35. The lowest BCUT2D eigenvalue weighted by Crippen LogP contribution is -2.26. The van der Waals surface area contributed by atoms with Gasteiger partial charge >= 0.3 is 0 Å². The van der Waals surface area contributed by atoms with Crippen LogP contribution in [0.3, 0.4) is 0 Å². The summed E-state index contributed by atoms with van der Waals surface area (Å²) in [4.78, 5) is 18.7. The fourth-order valence-electron chi connectivity index (χ4n) is 2.37. The van der Waals surface area contributed by atoms with E-state index in [-0.39, 0.29) is 18.0 Å². The molecule has 0 aromatic carbocycles. The average Bonchev–Trinajstić information content (AvgIpc) is 3.10. The second-order valence-electron chi connectivity index (χ2n) is 5.00. The number of anilines is 2. The Labute approximate surface area is 116 Å². The first-order valence-electron chi connectivity index (χ1n) is 6.56. The van der Waals surface area contributed by atoms with Gasteiger partial charge in [-0.05, 0) is 13.3 Å². The van der Waals surface area contributed by atoms with E-state index in [0.29, 0.717) is 11.9 Å². The topological polar surface area (TPSA) is 106 Å². The molecule has 3 rings (SSSR count). The van der Waals surface area contributed by atoms with E-state index in [9.17, 15) is 5.11 Å². The van der Waals surface area contributed by atoms with E-state index in [1.54, 1.807) is 23.3 Å². The summed E-state index contributed by atoms with van der Waals surface area (Å²) in [5, 5.41) is 9.66. The van der Waals surface area contributed by atoms with Gasteiger partial charge in [-0.25, -0.2) is 4.98 Å². The van der Waals surface area contributed by atoms with Crippen LogP contribution in [0.15, 0.2) is 18.7 Å². The van der Waals surface area contributed by atoms with Gasteiger partial charge in [-0.1, -0.05) is 0 Å². The SMILES string of the molecule is CC(O)C1CCN(c2nc(N)nc(-n3ccnc3)n2)C1. The number of rotatable bonds is 3. The number of aliphatic hydroxyl groups excluding tert-OH is 1. The molecule has 0 bridgehead atoms. The fraction of sp³-hybridized carbons (Fsp3) is 0.500. The van der Waals surface area contributed by atoms with Crippen LogP contribution in [0.4, 0.5) is 11.9 Å². The summed E-state index contributed by atoms with van der Waals surface area (Å²) in [5.74, 6) is 1.42. The molecule has 0 saturated carbocycles. The van der Waals surface area contributed by atoms with Gasteiger partial charge in [0.25, 0.3) is 0 Å². The molecule has 3 N–H and O–H groups in total. The summed E-state index contributed by atoms with van der Waals surface area (Å²) in [5.41, 5.74) is 5.76. The molecule has 106 valence electrons. The summed E-state index contributed by atoms with van der Waals surface area (Å²) >= 11 is 0. The lowest BCUT2D eigenvalue weighted by molar-refractivity contribution is 0.136. The molecule has 3 heterocycles. The Morgan fingerprint density at radius 3 is 2.80 bits per heavy atom. The quantitative estimate of drug-likeness (QED) is 0.802. The van der Waals surface area contributed by atoms with E-state index in [2.05, 4.69) is 19.9 Å². The van der Waals surface area contributed by atoms with Crippen LogP contribution in [-0.2, 0) is 0 Å². The van der Waals surface area contributed by atoms with Crippen LogP contribution >= 0.6 is 0 Å². The highest BCUT2D eigenvalue weighted by Crippen LogP contribution is 2.23. The van der Waals surface area contributed by atoms with Crippen LogP contribution in [-0.4, -0.2) is 48.8 Å². The molecule has 1 saturated heterocycles. The molecular weight excluding hydrogens is 258 g/mol. The lowest BCUT2D eigenvalue weighted by Gasteiger charge is -2.18. The number of hydrogen-bond donors (Lipinski definition) is 2. The molecule has 20 heavy (non-hydrogen) atoms. The predicted octanol–water partition coefficient (Wildman–Crippen LogP) is -0.153. The van der Waals surface area contributed by atoms with Crippen molar-refractivity contribution in [3.63, 3.8) is 0 Å². The van der Waals surface area contributed by atoms with Gasteiger partial charge in [0.05, 0.1) is 6.10 Å². The number of imidazole rings is 1. The van der Waals surface area contributed by atoms with E-state index in [1.807, 2.05) is 11.8 Å². The molecule has 8 nitrogen and oxygen atoms in total. The Kier molecular flexibility index (Phi) is 3.23. The molecule has 0 amide bonds. The summed E-state index contributed by atoms with van der Waals surface area (Å²) in [6.07, 6.45) is 5.61. The summed E-state index contributed by atoms with van der Waals surface area (Å²) < 4.78 is 1.68. The van der Waals surface area contributed by atoms with E-state index in [0.717, 1.165) is 19.5 Å². The normalized spacial score (nSPS) is 20.3. The Morgan fingerprint density at radius 2 is 2.15 bits per heavy atom. The van der Waals surface area contributed by atoms with Crippen molar-refractivity contribution in [1.29, 1.82) is 0 Å². The Hall–Kier alpha value is -2.22. The van der Waals surface area contributed by atoms with Crippen LogP contribution in [0.5, 0.6) is 0 Å². The van der Waals surface area contributed by atoms with Gasteiger partial charge in [-0.15, -0.1) is 0 Å². The first-order chi connectivity index (χ1) is 9.63. The predicted molar refractivity (Wildman–Crippen MR) is 73.4 cm³/mol. The molecule has 2 aromatic rings. The zero-order valence-electron chi connectivity index (χ0n) is 11.2. The van der Waals surface area contributed by atoms with E-state index in [1.165, 1.54) is 0 Å². The molecule has 1 aliphatic heterocycles. The molecule has 1 fully saturated rings. The van der Waals surface area contributed by atoms with Gasteiger partial charge in [0.15, 0.2) is 0 Å². The van der Waals surface area contributed by atoms with E-state index < -0.39 is 0 Å². The summed E-state index contributed by atoms with van der Waals surface area (Å²) in [7, 11) is 0. The van der Waals surface area contributed by atoms with E-state index in [4.69, 9.17) is 5.73 Å². The minimum absolute atomic E-state index is 0.180. The molecule has 2 atom stereocenters. The highest BCUT2D eigenvalue weighted by molar-refractivity contribution is 5.39. The van der Waals surface area contributed by atoms with Crippen LogP contribution < -0.4 is 10.6 Å². The number of hydrogen-bond acceptors (Lipinski definition) is 7. The zero-order chi connectivity index (χ0) is 14.1. The molecule has 0 radical (unpaired) electrons. The largest absolute Gasteiger partial charge is 0.393 e. The van der Waals surface area contributed by atoms with Crippen molar-refractivity contribution < 1.29 is 5.11 Å². The Balaban J connectivity index is 1.87. The summed E-state index contributed by atoms with van der Waals surface area (Å²) in [6, 6.07) is 0. The number of nitrogen functional groups attached to an aromatic ring is 1. The maximum absolute atomic E-state index is 9.66. The van der Waals surface area contributed by atoms with Gasteiger partial charge < -0.3 is 15.7 Å². The van der Waals surface area contributed by atoms with Crippen molar-refractivity contribution in [2.24, 2.45) is 5.92 Å². The first kappa shape index (κ1) is 12.8. The standard InChI is InChI=1S/C12H17N7O/c1-8(20)9-2-4-18(6-9)11-15-10(13)16-12(17-11)19-5-3-14-7-19/h3,5,7-9,20H,2,4,6H2,1H3,(H2,13,15,16,17). The fourth-order valence-corrected chi connectivity index (χ4v) is 2.37. The van der Waals surface area contributed by atoms with Crippen molar-refractivity contribution in [2.75, 3.05) is 23.7 Å². The molecule has 8 heteroatoms. The maximum Gasteiger partial charge on any atom is 0.241 e. The first-order valence-corrected chi connectivity index (χ1v) is 6.56. The lowest BCUT2D eigenvalue weighted by atomic mass is 10.0. The van der Waals surface area contributed by atoms with Gasteiger partial charge in [-0.2, -0.15) is 15.0 Å². The Bertz CT molecular complexity index is 583. The second kappa shape index (κ2) is 5.04. The van der Waals surface area contributed by atoms with Crippen molar-refractivity contribution in [3.05, 3.63) is 18.7 Å². The van der Waals surface area contributed by atoms with Crippen molar-refractivity contribution in [3.8, 4) is 5.95 Å². The third-order valence-corrected chi connectivity index (χ3v) is 3.55. The highest BCUT2D eigenvalue weighted by Gasteiger charge is 2.28. The Morgan fingerprint density at radius 1 is 1.35 bits per heavy atom. The third-order valence-electron chi connectivity index (χ3n) is 3.55. The monoisotopic (exact) mass is 275 g/mol. The van der Waals surface area contributed by atoms with Crippen molar-refractivity contribution >= 4 is 11.9 Å². The van der Waals surface area contributed by atoms with Gasteiger partial charge in [-0.3, -0.25) is 4.57 Å². The van der Waals surface area contributed by atoms with Gasteiger partial charge in [0.1, 0.15) is 6.33 Å². The number of aromatic nitrogens is 5.